The van der Waals surface area contributed by atoms with Crippen molar-refractivity contribution in [2.24, 2.45) is 0 Å². The number of ether oxygens (including phenoxy) is 1. The van der Waals surface area contributed by atoms with Crippen LogP contribution in [0.5, 0.6) is 5.88 Å². The molecule has 44 heavy (non-hydrogen) atoms. The van der Waals surface area contributed by atoms with E-state index in [0.29, 0.717) is 31.5 Å². The van der Waals surface area contributed by atoms with Gasteiger partial charge in [0.15, 0.2) is 0 Å². The summed E-state index contributed by atoms with van der Waals surface area (Å²) >= 11 is 0. The number of carbonyl (C=O) groups excluding carboxylic acids is 2. The predicted molar refractivity (Wildman–Crippen MR) is 168 cm³/mol. The fourth-order valence-electron chi connectivity index (χ4n) is 5.89. The number of carbonyl (C=O) groups is 2. The Morgan fingerprint density at radius 2 is 1.75 bits per heavy atom. The molecule has 2 saturated heterocycles. The molecule has 3 heterocycles. The van der Waals surface area contributed by atoms with Crippen LogP contribution in [0, 0.1) is 13.8 Å². The van der Waals surface area contributed by atoms with E-state index >= 15 is 0 Å². The highest BCUT2D eigenvalue weighted by atomic mass is 32.2. The molecule has 2 aliphatic rings. The van der Waals surface area contributed by atoms with E-state index in [-0.39, 0.29) is 40.8 Å². The summed E-state index contributed by atoms with van der Waals surface area (Å²) in [6.45, 7) is 9.03. The van der Waals surface area contributed by atoms with Crippen LogP contribution in [0.4, 0.5) is 5.95 Å². The average Bonchev–Trinajstić information content (AvgIpc) is 3.52. The zero-order chi connectivity index (χ0) is 31.3. The zero-order valence-electron chi connectivity index (χ0n) is 25.5. The Hall–Kier alpha value is -3.87. The Bertz CT molecular complexity index is 1590. The van der Waals surface area contributed by atoms with Crippen molar-refractivity contribution < 1.29 is 22.7 Å². The highest BCUT2D eigenvalue weighted by Gasteiger charge is 2.30. The van der Waals surface area contributed by atoms with Gasteiger partial charge in [0.05, 0.1) is 16.6 Å². The van der Waals surface area contributed by atoms with Gasteiger partial charge in [0.2, 0.25) is 17.7 Å². The third-order valence-corrected chi connectivity index (χ3v) is 9.57. The fourth-order valence-corrected chi connectivity index (χ4v) is 6.89. The van der Waals surface area contributed by atoms with Crippen LogP contribution in [0.25, 0.3) is 11.3 Å². The number of amides is 1. The van der Waals surface area contributed by atoms with Crippen LogP contribution in [0.1, 0.15) is 40.7 Å². The average molecular weight is 621 g/mol. The van der Waals surface area contributed by atoms with E-state index in [4.69, 9.17) is 4.74 Å². The molecule has 0 spiro atoms. The number of nitrogens with one attached hydrogen (secondary N) is 1. The summed E-state index contributed by atoms with van der Waals surface area (Å²) in [5.74, 6) is 0.147. The van der Waals surface area contributed by atoms with Gasteiger partial charge in [-0.1, -0.05) is 30.3 Å². The normalized spacial score (nSPS) is 17.9. The van der Waals surface area contributed by atoms with E-state index in [9.17, 15) is 18.0 Å². The van der Waals surface area contributed by atoms with E-state index in [0.717, 1.165) is 42.9 Å². The number of hydrogen-bond acceptors (Lipinski definition) is 9. The van der Waals surface area contributed by atoms with E-state index in [1.54, 1.807) is 6.07 Å². The smallest absolute Gasteiger partial charge is 0.264 e. The second kappa shape index (κ2) is 13.8. The standard InChI is InChI=1S/C32H40N6O5S/c1-23-8-6-9-24(2)31(23)28-19-29(34-32(33-28)35-44(41,42)27-11-7-10-25(18-27)21-39)43-22-26-20-36(3)16-17-38(26)30(40)12-15-37-13-4-5-14-37/h6-11,18-19,21,26H,4-5,12-17,20,22H2,1-3H3,(H,33,34,35). The van der Waals surface area contributed by atoms with E-state index in [2.05, 4.69) is 24.5 Å². The van der Waals surface area contributed by atoms with Crippen LogP contribution in [0.15, 0.2) is 53.4 Å². The van der Waals surface area contributed by atoms with E-state index < -0.39 is 10.0 Å². The minimum atomic E-state index is -4.11. The van der Waals surface area contributed by atoms with Crippen LogP contribution < -0.4 is 9.46 Å². The number of nitrogens with zero attached hydrogens (tertiary/aromatic N) is 5. The highest BCUT2D eigenvalue weighted by molar-refractivity contribution is 7.92. The lowest BCUT2D eigenvalue weighted by atomic mass is 10.00. The van der Waals surface area contributed by atoms with Gasteiger partial charge in [-0.2, -0.15) is 4.98 Å². The van der Waals surface area contributed by atoms with Gasteiger partial charge in [0, 0.05) is 49.8 Å². The molecule has 2 fully saturated rings. The van der Waals surface area contributed by atoms with Crippen molar-refractivity contribution in [3.8, 4) is 17.1 Å². The third-order valence-electron chi connectivity index (χ3n) is 8.24. The number of aromatic nitrogens is 2. The van der Waals surface area contributed by atoms with Gasteiger partial charge >= 0.3 is 0 Å². The van der Waals surface area contributed by atoms with Crippen LogP contribution in [-0.4, -0.2) is 104 Å². The van der Waals surface area contributed by atoms with Crippen molar-refractivity contribution in [2.75, 3.05) is 57.6 Å². The Kier molecular flexibility index (Phi) is 9.92. The van der Waals surface area contributed by atoms with Crippen molar-refractivity contribution in [1.82, 2.24) is 24.7 Å². The predicted octanol–water partition coefficient (Wildman–Crippen LogP) is 3.38. The van der Waals surface area contributed by atoms with Crippen molar-refractivity contribution in [1.29, 1.82) is 0 Å². The summed E-state index contributed by atoms with van der Waals surface area (Å²) in [7, 11) is -2.09. The van der Waals surface area contributed by atoms with Crippen molar-refractivity contribution >= 4 is 28.2 Å². The molecule has 1 N–H and O–H groups in total. The molecule has 2 aromatic carbocycles. The molecule has 3 aromatic rings. The molecule has 0 saturated carbocycles. The molecule has 2 aliphatic heterocycles. The van der Waals surface area contributed by atoms with Gasteiger partial charge in [-0.3, -0.25) is 9.59 Å². The molecule has 1 unspecified atom stereocenters. The Labute approximate surface area is 259 Å². The molecule has 1 amide bonds. The molecular weight excluding hydrogens is 580 g/mol. The van der Waals surface area contributed by atoms with Gasteiger partial charge in [-0.05, 0) is 70.1 Å². The van der Waals surface area contributed by atoms with Crippen LogP contribution in [-0.2, 0) is 14.8 Å². The summed E-state index contributed by atoms with van der Waals surface area (Å²) < 4.78 is 35.3. The molecular formula is C32H40N6O5S. The first-order valence-electron chi connectivity index (χ1n) is 15.0. The number of sulfonamides is 1. The van der Waals surface area contributed by atoms with Gasteiger partial charge in [-0.25, -0.2) is 18.1 Å². The Morgan fingerprint density at radius 3 is 2.48 bits per heavy atom. The second-order valence-corrected chi connectivity index (χ2v) is 13.3. The van der Waals surface area contributed by atoms with Gasteiger partial charge in [0.1, 0.15) is 12.9 Å². The quantitative estimate of drug-likeness (QED) is 0.321. The summed E-state index contributed by atoms with van der Waals surface area (Å²) in [6, 6.07) is 13.1. The molecule has 0 aliphatic carbocycles. The molecule has 234 valence electrons. The number of likely N-dealkylation sites (N-methyl/N-ethyl adjacent to an activating group) is 1. The molecule has 1 atom stereocenters. The number of aldehydes is 1. The lowest BCUT2D eigenvalue weighted by Gasteiger charge is -2.40. The monoisotopic (exact) mass is 620 g/mol. The minimum absolute atomic E-state index is 0.0843. The largest absolute Gasteiger partial charge is 0.475 e. The minimum Gasteiger partial charge on any atom is -0.475 e. The van der Waals surface area contributed by atoms with E-state index in [1.807, 2.05) is 44.0 Å². The Morgan fingerprint density at radius 1 is 1.02 bits per heavy atom. The summed E-state index contributed by atoms with van der Waals surface area (Å²) in [4.78, 5) is 39.9. The number of aryl methyl sites for hydroxylation is 2. The highest BCUT2D eigenvalue weighted by Crippen LogP contribution is 2.29. The Balaban J connectivity index is 1.40. The number of rotatable bonds is 11. The van der Waals surface area contributed by atoms with Crippen molar-refractivity contribution in [3.05, 3.63) is 65.2 Å². The number of benzene rings is 2. The number of anilines is 1. The lowest BCUT2D eigenvalue weighted by Crippen LogP contribution is -2.56. The molecule has 0 bridgehead atoms. The molecule has 11 nitrogen and oxygen atoms in total. The first-order valence-corrected chi connectivity index (χ1v) is 16.5. The maximum atomic E-state index is 13.3. The zero-order valence-corrected chi connectivity index (χ0v) is 26.3. The molecule has 12 heteroatoms. The molecule has 1 aromatic heterocycles. The second-order valence-electron chi connectivity index (χ2n) is 11.6. The van der Waals surface area contributed by atoms with Crippen molar-refractivity contribution in [3.63, 3.8) is 0 Å². The van der Waals surface area contributed by atoms with Crippen LogP contribution in [0.2, 0.25) is 0 Å². The number of piperazine rings is 1. The first kappa shape index (κ1) is 31.6. The first-order chi connectivity index (χ1) is 21.1. The maximum absolute atomic E-state index is 13.3. The lowest BCUT2D eigenvalue weighted by molar-refractivity contribution is -0.137. The van der Waals surface area contributed by atoms with Crippen LogP contribution in [0.3, 0.4) is 0 Å². The summed E-state index contributed by atoms with van der Waals surface area (Å²) in [5, 5.41) is 0. The topological polar surface area (TPSA) is 125 Å². The third kappa shape index (κ3) is 7.61. The molecule has 5 rings (SSSR count). The van der Waals surface area contributed by atoms with Gasteiger partial charge in [0.25, 0.3) is 10.0 Å². The SMILES string of the molecule is Cc1cccc(C)c1-c1cc(OCC2CN(C)CCN2C(=O)CCN2CCCC2)nc(NS(=O)(=O)c2cccc(C=O)c2)n1. The summed E-state index contributed by atoms with van der Waals surface area (Å²) in [5.41, 5.74) is 3.51. The van der Waals surface area contributed by atoms with Crippen molar-refractivity contribution in [2.45, 2.75) is 44.0 Å². The fraction of sp³-hybridized carbons (Fsp3) is 0.438. The van der Waals surface area contributed by atoms with Gasteiger partial charge < -0.3 is 19.4 Å². The van der Waals surface area contributed by atoms with Gasteiger partial charge in [-0.15, -0.1) is 0 Å². The molecule has 0 radical (unpaired) electrons. The number of likely N-dealkylation sites (tertiary alicyclic amines) is 1. The summed E-state index contributed by atoms with van der Waals surface area (Å²) in [6.07, 6.45) is 3.44. The number of hydrogen-bond donors (Lipinski definition) is 1. The van der Waals surface area contributed by atoms with Crippen LogP contribution >= 0.6 is 0 Å². The van der Waals surface area contributed by atoms with E-state index in [1.165, 1.54) is 37.1 Å². The maximum Gasteiger partial charge on any atom is 0.264 e.